The van der Waals surface area contributed by atoms with Crippen molar-refractivity contribution in [2.24, 2.45) is 0 Å². The molecule has 0 amide bonds. The van der Waals surface area contributed by atoms with E-state index in [1.54, 1.807) is 20.4 Å². The molecular formula is C24H26N2O4. The second-order valence-corrected chi connectivity index (χ2v) is 7.12. The summed E-state index contributed by atoms with van der Waals surface area (Å²) in [4.78, 5) is 6.69. The van der Waals surface area contributed by atoms with Crippen molar-refractivity contribution in [1.29, 1.82) is 0 Å². The van der Waals surface area contributed by atoms with E-state index >= 15 is 0 Å². The molecule has 0 spiro atoms. The summed E-state index contributed by atoms with van der Waals surface area (Å²) in [5.74, 6) is 3.34. The van der Waals surface area contributed by atoms with E-state index < -0.39 is 0 Å². The molecule has 1 aromatic heterocycles. The predicted octanol–water partition coefficient (Wildman–Crippen LogP) is 4.07. The number of fused-ring (bicyclic) bond motifs is 1. The van der Waals surface area contributed by atoms with Gasteiger partial charge in [0.1, 0.15) is 36.2 Å². The van der Waals surface area contributed by atoms with Crippen molar-refractivity contribution < 1.29 is 18.9 Å². The average Bonchev–Trinajstić information content (AvgIpc) is 2.99. The van der Waals surface area contributed by atoms with Crippen LogP contribution >= 0.6 is 0 Å². The van der Waals surface area contributed by atoms with Gasteiger partial charge in [0, 0.05) is 43.0 Å². The SMILES string of the molecule is COc1ccc(OCc2ccccn2)c(CN2CCOc3cc(OC)ccc3C2)c1. The molecule has 0 aliphatic carbocycles. The Kier molecular flexibility index (Phi) is 6.35. The van der Waals surface area contributed by atoms with E-state index in [-0.39, 0.29) is 0 Å². The Balaban J connectivity index is 1.52. The zero-order valence-electron chi connectivity index (χ0n) is 17.3. The lowest BCUT2D eigenvalue weighted by Crippen LogP contribution is -2.25. The zero-order valence-corrected chi connectivity index (χ0v) is 17.3. The van der Waals surface area contributed by atoms with Crippen LogP contribution in [-0.2, 0) is 19.7 Å². The minimum atomic E-state index is 0.423. The van der Waals surface area contributed by atoms with E-state index in [1.807, 2.05) is 48.5 Å². The van der Waals surface area contributed by atoms with Crippen LogP contribution in [0.3, 0.4) is 0 Å². The Labute approximate surface area is 177 Å². The first-order chi connectivity index (χ1) is 14.7. The maximum Gasteiger partial charge on any atom is 0.130 e. The molecular weight excluding hydrogens is 380 g/mol. The van der Waals surface area contributed by atoms with Crippen LogP contribution in [0.1, 0.15) is 16.8 Å². The van der Waals surface area contributed by atoms with Crippen LogP contribution in [-0.4, -0.2) is 37.3 Å². The number of ether oxygens (including phenoxy) is 4. The van der Waals surface area contributed by atoms with Crippen LogP contribution < -0.4 is 18.9 Å². The maximum absolute atomic E-state index is 6.10. The fraction of sp³-hybridized carbons (Fsp3) is 0.292. The summed E-state index contributed by atoms with van der Waals surface area (Å²) < 4.78 is 22.8. The Hall–Kier alpha value is -3.25. The van der Waals surface area contributed by atoms with Gasteiger partial charge in [0.2, 0.25) is 0 Å². The van der Waals surface area contributed by atoms with Gasteiger partial charge >= 0.3 is 0 Å². The molecule has 30 heavy (non-hydrogen) atoms. The molecule has 3 aromatic rings. The zero-order chi connectivity index (χ0) is 20.8. The summed E-state index contributed by atoms with van der Waals surface area (Å²) >= 11 is 0. The van der Waals surface area contributed by atoms with Crippen molar-refractivity contribution in [3.63, 3.8) is 0 Å². The first-order valence-electron chi connectivity index (χ1n) is 9.97. The van der Waals surface area contributed by atoms with Gasteiger partial charge in [-0.05, 0) is 36.4 Å². The van der Waals surface area contributed by atoms with Crippen LogP contribution in [0.25, 0.3) is 0 Å². The van der Waals surface area contributed by atoms with Gasteiger partial charge in [-0.3, -0.25) is 9.88 Å². The molecule has 6 nitrogen and oxygen atoms in total. The highest BCUT2D eigenvalue weighted by atomic mass is 16.5. The molecule has 0 unspecified atom stereocenters. The van der Waals surface area contributed by atoms with Gasteiger partial charge in [-0.25, -0.2) is 0 Å². The largest absolute Gasteiger partial charge is 0.497 e. The highest BCUT2D eigenvalue weighted by molar-refractivity contribution is 5.42. The van der Waals surface area contributed by atoms with E-state index in [4.69, 9.17) is 18.9 Å². The molecule has 0 saturated heterocycles. The summed E-state index contributed by atoms with van der Waals surface area (Å²) in [6, 6.07) is 17.7. The van der Waals surface area contributed by atoms with Gasteiger partial charge in [0.15, 0.2) is 0 Å². The molecule has 0 bridgehead atoms. The first-order valence-corrected chi connectivity index (χ1v) is 9.97. The number of nitrogens with zero attached hydrogens (tertiary/aromatic N) is 2. The fourth-order valence-corrected chi connectivity index (χ4v) is 3.49. The second kappa shape index (κ2) is 9.50. The molecule has 4 rings (SSSR count). The minimum Gasteiger partial charge on any atom is -0.497 e. The van der Waals surface area contributed by atoms with Gasteiger partial charge in [-0.1, -0.05) is 12.1 Å². The third-order valence-corrected chi connectivity index (χ3v) is 5.10. The summed E-state index contributed by atoms with van der Waals surface area (Å²) in [6.45, 7) is 3.37. The number of aromatic nitrogens is 1. The Bertz CT molecular complexity index is 978. The maximum atomic E-state index is 6.10. The Morgan fingerprint density at radius 2 is 1.83 bits per heavy atom. The average molecular weight is 406 g/mol. The summed E-state index contributed by atoms with van der Waals surface area (Å²) in [5.41, 5.74) is 3.11. The number of methoxy groups -OCH3 is 2. The van der Waals surface area contributed by atoms with Crippen molar-refractivity contribution in [2.75, 3.05) is 27.4 Å². The third kappa shape index (κ3) is 4.83. The fourth-order valence-electron chi connectivity index (χ4n) is 3.49. The number of hydrogen-bond acceptors (Lipinski definition) is 6. The lowest BCUT2D eigenvalue weighted by Gasteiger charge is -2.21. The molecule has 1 aliphatic rings. The van der Waals surface area contributed by atoms with Crippen LogP contribution in [0.4, 0.5) is 0 Å². The quantitative estimate of drug-likeness (QED) is 0.590. The van der Waals surface area contributed by atoms with Crippen LogP contribution in [0.5, 0.6) is 23.0 Å². The van der Waals surface area contributed by atoms with Gasteiger partial charge in [-0.15, -0.1) is 0 Å². The lowest BCUT2D eigenvalue weighted by molar-refractivity contribution is 0.214. The van der Waals surface area contributed by atoms with Crippen LogP contribution in [0.15, 0.2) is 60.8 Å². The molecule has 2 aromatic carbocycles. The van der Waals surface area contributed by atoms with Crippen molar-refractivity contribution in [3.8, 4) is 23.0 Å². The third-order valence-electron chi connectivity index (χ3n) is 5.10. The normalized spacial score (nSPS) is 13.7. The Morgan fingerprint density at radius 1 is 1.00 bits per heavy atom. The van der Waals surface area contributed by atoms with E-state index in [9.17, 15) is 0 Å². The van der Waals surface area contributed by atoms with Crippen molar-refractivity contribution in [2.45, 2.75) is 19.7 Å². The summed E-state index contributed by atoms with van der Waals surface area (Å²) in [6.07, 6.45) is 1.78. The molecule has 2 heterocycles. The highest BCUT2D eigenvalue weighted by Gasteiger charge is 2.18. The highest BCUT2D eigenvalue weighted by Crippen LogP contribution is 2.31. The van der Waals surface area contributed by atoms with Gasteiger partial charge in [0.05, 0.1) is 19.9 Å². The molecule has 0 fully saturated rings. The topological polar surface area (TPSA) is 53.1 Å². The summed E-state index contributed by atoms with van der Waals surface area (Å²) in [7, 11) is 3.34. The second-order valence-electron chi connectivity index (χ2n) is 7.12. The van der Waals surface area contributed by atoms with E-state index in [0.29, 0.717) is 13.2 Å². The van der Waals surface area contributed by atoms with E-state index in [0.717, 1.165) is 59.5 Å². The lowest BCUT2D eigenvalue weighted by atomic mass is 10.1. The van der Waals surface area contributed by atoms with Gasteiger partial charge in [-0.2, -0.15) is 0 Å². The number of rotatable bonds is 7. The minimum absolute atomic E-state index is 0.423. The van der Waals surface area contributed by atoms with Gasteiger partial charge < -0.3 is 18.9 Å². The van der Waals surface area contributed by atoms with Crippen molar-refractivity contribution in [1.82, 2.24) is 9.88 Å². The molecule has 0 saturated carbocycles. The number of pyridine rings is 1. The number of hydrogen-bond donors (Lipinski definition) is 0. The molecule has 0 atom stereocenters. The molecule has 0 radical (unpaired) electrons. The van der Waals surface area contributed by atoms with E-state index in [1.165, 1.54) is 0 Å². The first kappa shape index (κ1) is 20.0. The molecule has 156 valence electrons. The van der Waals surface area contributed by atoms with Crippen molar-refractivity contribution in [3.05, 3.63) is 77.6 Å². The molecule has 0 N–H and O–H groups in total. The van der Waals surface area contributed by atoms with Crippen LogP contribution in [0.2, 0.25) is 0 Å². The monoisotopic (exact) mass is 406 g/mol. The summed E-state index contributed by atoms with van der Waals surface area (Å²) in [5, 5.41) is 0. The molecule has 6 heteroatoms. The predicted molar refractivity (Wildman–Crippen MR) is 114 cm³/mol. The van der Waals surface area contributed by atoms with Gasteiger partial charge in [0.25, 0.3) is 0 Å². The molecule has 1 aliphatic heterocycles. The standard InChI is InChI=1S/C24H26N2O4/c1-27-21-8-9-23(30-17-20-5-3-4-10-25-20)19(13-21)16-26-11-12-29-24-14-22(28-2)7-6-18(24)15-26/h3-10,13-14H,11-12,15-17H2,1-2H3. The van der Waals surface area contributed by atoms with Crippen molar-refractivity contribution >= 4 is 0 Å². The smallest absolute Gasteiger partial charge is 0.130 e. The Morgan fingerprint density at radius 3 is 2.63 bits per heavy atom. The van der Waals surface area contributed by atoms with E-state index in [2.05, 4.69) is 16.0 Å². The number of benzene rings is 2. The van der Waals surface area contributed by atoms with Crippen LogP contribution in [0, 0.1) is 0 Å².